The summed E-state index contributed by atoms with van der Waals surface area (Å²) in [6, 6.07) is 16.1. The number of hydrogen-bond donors (Lipinski definition) is 0. The number of amidine groups is 1. The highest BCUT2D eigenvalue weighted by molar-refractivity contribution is 8.14. The third kappa shape index (κ3) is 2.74. The monoisotopic (exact) mass is 394 g/mol. The van der Waals surface area contributed by atoms with Crippen molar-refractivity contribution in [3.8, 4) is 0 Å². The lowest BCUT2D eigenvalue weighted by molar-refractivity contribution is -0.118. The summed E-state index contributed by atoms with van der Waals surface area (Å²) in [5.41, 5.74) is 3.94. The molecule has 2 heterocycles. The van der Waals surface area contributed by atoms with Crippen LogP contribution in [-0.2, 0) is 4.79 Å². The molecule has 2 aliphatic heterocycles. The minimum absolute atomic E-state index is 0.0528. The molecule has 0 spiro atoms. The van der Waals surface area contributed by atoms with Gasteiger partial charge in [0.25, 0.3) is 0 Å². The number of Topliss-reactive ketones (excluding diaryl/α,β-unsaturated/α-hetero) is 1. The van der Waals surface area contributed by atoms with E-state index in [4.69, 9.17) is 16.6 Å². The fourth-order valence-corrected chi connectivity index (χ4v) is 5.60. The Hall–Kier alpha value is -2.04. The maximum absolute atomic E-state index is 13.2. The van der Waals surface area contributed by atoms with Gasteiger partial charge in [-0.25, -0.2) is 4.99 Å². The van der Waals surface area contributed by atoms with Crippen LogP contribution in [-0.4, -0.2) is 11.0 Å². The van der Waals surface area contributed by atoms with Crippen LogP contribution in [0.2, 0.25) is 5.02 Å². The summed E-state index contributed by atoms with van der Waals surface area (Å²) in [6.07, 6.45) is 1.39. The lowest BCUT2D eigenvalue weighted by atomic mass is 9.73. The molecular formula is C22H19ClN2OS. The Bertz CT molecular complexity index is 1030. The number of rotatable bonds is 1. The van der Waals surface area contributed by atoms with Gasteiger partial charge in [0.05, 0.1) is 17.4 Å². The molecule has 3 nitrogen and oxygen atoms in total. The van der Waals surface area contributed by atoms with Crippen molar-refractivity contribution in [3.05, 3.63) is 70.4 Å². The van der Waals surface area contributed by atoms with Gasteiger partial charge in [-0.15, -0.1) is 0 Å². The fraction of sp³-hybridized carbons (Fsp3) is 0.273. The zero-order valence-electron chi connectivity index (χ0n) is 15.2. The normalized spacial score (nSPS) is 22.9. The number of allylic oxidation sites excluding steroid dienone is 1. The number of aliphatic imine (C=N–C) groups is 1. The van der Waals surface area contributed by atoms with Gasteiger partial charge in [0.15, 0.2) is 11.0 Å². The molecule has 0 saturated heterocycles. The first-order chi connectivity index (χ1) is 12.9. The maximum atomic E-state index is 13.2. The molecule has 2 aromatic rings. The van der Waals surface area contributed by atoms with Crippen molar-refractivity contribution in [1.82, 2.24) is 0 Å². The Morgan fingerprint density at radius 2 is 1.93 bits per heavy atom. The average molecular weight is 395 g/mol. The first-order valence-corrected chi connectivity index (χ1v) is 10.3. The summed E-state index contributed by atoms with van der Waals surface area (Å²) in [7, 11) is 0. The predicted octanol–water partition coefficient (Wildman–Crippen LogP) is 6.01. The van der Waals surface area contributed by atoms with E-state index in [-0.39, 0.29) is 17.2 Å². The largest absolute Gasteiger partial charge is 0.308 e. The smallest absolute Gasteiger partial charge is 0.174 e. The number of hydrogen-bond acceptors (Lipinski definition) is 4. The highest BCUT2D eigenvalue weighted by Crippen LogP contribution is 2.53. The van der Waals surface area contributed by atoms with Crippen LogP contribution in [0, 0.1) is 5.41 Å². The van der Waals surface area contributed by atoms with E-state index >= 15 is 0 Å². The summed E-state index contributed by atoms with van der Waals surface area (Å²) in [5, 5.41) is 1.65. The summed E-state index contributed by atoms with van der Waals surface area (Å²) in [4.78, 5) is 21.5. The fourth-order valence-electron chi connectivity index (χ4n) is 4.25. The van der Waals surface area contributed by atoms with E-state index in [1.165, 1.54) is 0 Å². The number of halogens is 1. The topological polar surface area (TPSA) is 32.7 Å². The van der Waals surface area contributed by atoms with Gasteiger partial charge in [0.1, 0.15) is 0 Å². The number of anilines is 1. The highest BCUT2D eigenvalue weighted by Gasteiger charge is 2.45. The van der Waals surface area contributed by atoms with E-state index in [0.29, 0.717) is 11.4 Å². The van der Waals surface area contributed by atoms with Crippen LogP contribution in [0.3, 0.4) is 0 Å². The molecule has 5 heteroatoms. The van der Waals surface area contributed by atoms with Gasteiger partial charge in [-0.05, 0) is 47.4 Å². The zero-order valence-corrected chi connectivity index (χ0v) is 16.8. The molecule has 0 N–H and O–H groups in total. The molecule has 1 unspecified atom stereocenters. The van der Waals surface area contributed by atoms with E-state index in [9.17, 15) is 4.79 Å². The first-order valence-electron chi connectivity index (χ1n) is 9.09. The molecule has 0 bridgehead atoms. The Morgan fingerprint density at radius 3 is 2.70 bits per heavy atom. The third-order valence-electron chi connectivity index (χ3n) is 5.36. The van der Waals surface area contributed by atoms with E-state index in [1.54, 1.807) is 11.8 Å². The molecule has 0 radical (unpaired) electrons. The second kappa shape index (κ2) is 5.98. The summed E-state index contributed by atoms with van der Waals surface area (Å²) in [5.74, 6) is 0.213. The molecule has 0 amide bonds. The minimum atomic E-state index is -0.132. The van der Waals surface area contributed by atoms with Crippen molar-refractivity contribution < 1.29 is 4.79 Å². The number of thioether (sulfide) groups is 1. The molecule has 5 rings (SSSR count). The molecule has 0 saturated carbocycles. The van der Waals surface area contributed by atoms with Crippen molar-refractivity contribution in [3.63, 3.8) is 0 Å². The number of benzene rings is 2. The Labute approximate surface area is 168 Å². The molecule has 1 atom stereocenters. The SMILES string of the molecule is CC1(C)CC(=O)C2=C(C1)N=C1Sc3cc(Cl)ccc3N1C2c1ccccc1. The number of carbonyl (C=O) groups is 1. The quantitative estimate of drug-likeness (QED) is 0.594. The van der Waals surface area contributed by atoms with E-state index in [2.05, 4.69) is 30.9 Å². The van der Waals surface area contributed by atoms with Crippen LogP contribution >= 0.6 is 23.4 Å². The van der Waals surface area contributed by atoms with Crippen LogP contribution in [0.15, 0.2) is 69.7 Å². The van der Waals surface area contributed by atoms with E-state index < -0.39 is 0 Å². The van der Waals surface area contributed by atoms with Gasteiger partial charge in [-0.2, -0.15) is 0 Å². The van der Waals surface area contributed by atoms with Crippen molar-refractivity contribution in [2.24, 2.45) is 10.4 Å². The standard InChI is InChI=1S/C22H19ClN2OS/c1-22(2)11-15-19(17(26)12-22)20(13-6-4-3-5-7-13)25-16-9-8-14(23)10-18(16)27-21(25)24-15/h3-10,20H,11-12H2,1-2H3. The molecule has 27 heavy (non-hydrogen) atoms. The molecule has 136 valence electrons. The van der Waals surface area contributed by atoms with Crippen LogP contribution < -0.4 is 4.90 Å². The lowest BCUT2D eigenvalue weighted by Gasteiger charge is -2.40. The van der Waals surface area contributed by atoms with Crippen molar-refractivity contribution >= 4 is 40.0 Å². The molecular weight excluding hydrogens is 376 g/mol. The van der Waals surface area contributed by atoms with Gasteiger partial charge in [0.2, 0.25) is 0 Å². The Kier molecular flexibility index (Phi) is 3.78. The molecule has 1 aliphatic carbocycles. The van der Waals surface area contributed by atoms with Gasteiger partial charge < -0.3 is 4.90 Å². The number of carbonyl (C=O) groups excluding carboxylic acids is 1. The van der Waals surface area contributed by atoms with Crippen molar-refractivity contribution in [2.45, 2.75) is 37.6 Å². The van der Waals surface area contributed by atoms with Crippen LogP contribution in [0.4, 0.5) is 5.69 Å². The number of nitrogens with zero attached hydrogens (tertiary/aromatic N) is 2. The lowest BCUT2D eigenvalue weighted by Crippen LogP contribution is -2.40. The van der Waals surface area contributed by atoms with E-state index in [0.717, 1.165) is 39.0 Å². The Balaban J connectivity index is 1.73. The van der Waals surface area contributed by atoms with Crippen molar-refractivity contribution in [1.29, 1.82) is 0 Å². The molecule has 3 aliphatic rings. The van der Waals surface area contributed by atoms with Crippen molar-refractivity contribution in [2.75, 3.05) is 4.90 Å². The second-order valence-corrected chi connectivity index (χ2v) is 9.54. The number of fused-ring (bicyclic) bond motifs is 3. The molecule has 2 aromatic carbocycles. The van der Waals surface area contributed by atoms with Crippen LogP contribution in [0.1, 0.15) is 38.3 Å². The summed E-state index contributed by atoms with van der Waals surface area (Å²) in [6.45, 7) is 4.30. The second-order valence-electron chi connectivity index (χ2n) is 8.09. The van der Waals surface area contributed by atoms with Crippen LogP contribution in [0.25, 0.3) is 0 Å². The van der Waals surface area contributed by atoms with Gasteiger partial charge in [-0.3, -0.25) is 4.79 Å². The van der Waals surface area contributed by atoms with Crippen LogP contribution in [0.5, 0.6) is 0 Å². The van der Waals surface area contributed by atoms with Gasteiger partial charge in [-0.1, -0.05) is 55.8 Å². The number of ketones is 1. The third-order valence-corrected chi connectivity index (χ3v) is 6.62. The molecule has 0 fully saturated rings. The van der Waals surface area contributed by atoms with Gasteiger partial charge in [0, 0.05) is 21.9 Å². The molecule has 0 aromatic heterocycles. The highest BCUT2D eigenvalue weighted by atomic mass is 35.5. The summed E-state index contributed by atoms with van der Waals surface area (Å²) < 4.78 is 0. The van der Waals surface area contributed by atoms with E-state index in [1.807, 2.05) is 36.4 Å². The predicted molar refractivity (Wildman–Crippen MR) is 111 cm³/mol. The van der Waals surface area contributed by atoms with Gasteiger partial charge >= 0.3 is 0 Å². The Morgan fingerprint density at radius 1 is 1.15 bits per heavy atom. The summed E-state index contributed by atoms with van der Waals surface area (Å²) >= 11 is 7.86. The zero-order chi connectivity index (χ0) is 18.8. The average Bonchev–Trinajstić information content (AvgIpc) is 2.96. The minimum Gasteiger partial charge on any atom is -0.308 e. The maximum Gasteiger partial charge on any atom is 0.174 e. The first kappa shape index (κ1) is 17.1.